The fourth-order valence-electron chi connectivity index (χ4n) is 3.19. The maximum Gasteiger partial charge on any atom is 0.317 e. The van der Waals surface area contributed by atoms with Gasteiger partial charge >= 0.3 is 6.03 Å². The molecule has 3 heterocycles. The summed E-state index contributed by atoms with van der Waals surface area (Å²) in [7, 11) is 1.76. The van der Waals surface area contributed by atoms with Gasteiger partial charge in [-0.05, 0) is 31.2 Å². The number of nitrogens with one attached hydrogen (secondary N) is 2. The SMILES string of the molecule is CCN1CCN(c2cc(CNC(=O)N(C)Cc3ncc(C)[nH]3)ccn2)CC1. The van der Waals surface area contributed by atoms with E-state index in [4.69, 9.17) is 0 Å². The summed E-state index contributed by atoms with van der Waals surface area (Å²) in [4.78, 5) is 30.6. The van der Waals surface area contributed by atoms with E-state index in [-0.39, 0.29) is 6.03 Å². The van der Waals surface area contributed by atoms with Crippen LogP contribution in [0.1, 0.15) is 24.0 Å². The van der Waals surface area contributed by atoms with Crippen LogP contribution in [0.25, 0.3) is 0 Å². The van der Waals surface area contributed by atoms with Gasteiger partial charge in [0.25, 0.3) is 0 Å². The van der Waals surface area contributed by atoms with Gasteiger partial charge in [0.05, 0.1) is 6.54 Å². The number of piperazine rings is 1. The average Bonchev–Trinajstić information content (AvgIpc) is 3.11. The Kier molecular flexibility index (Phi) is 6.28. The molecular weight excluding hydrogens is 342 g/mol. The first-order chi connectivity index (χ1) is 13.0. The summed E-state index contributed by atoms with van der Waals surface area (Å²) in [6.07, 6.45) is 3.58. The molecule has 2 N–H and O–H groups in total. The molecule has 2 amide bonds. The summed E-state index contributed by atoms with van der Waals surface area (Å²) in [5.74, 6) is 1.76. The van der Waals surface area contributed by atoms with Crippen LogP contribution in [0.4, 0.5) is 10.6 Å². The maximum atomic E-state index is 12.3. The van der Waals surface area contributed by atoms with Crippen molar-refractivity contribution in [2.45, 2.75) is 26.9 Å². The number of H-pyrrole nitrogens is 1. The number of likely N-dealkylation sites (N-methyl/N-ethyl adjacent to an activating group) is 1. The molecule has 1 aliphatic heterocycles. The number of carbonyl (C=O) groups is 1. The Balaban J connectivity index is 1.51. The number of aryl methyl sites for hydroxylation is 1. The van der Waals surface area contributed by atoms with Crippen LogP contribution in [0.2, 0.25) is 0 Å². The molecule has 2 aromatic rings. The van der Waals surface area contributed by atoms with Crippen LogP contribution in [-0.2, 0) is 13.1 Å². The molecule has 1 saturated heterocycles. The number of aromatic amines is 1. The van der Waals surface area contributed by atoms with E-state index in [0.29, 0.717) is 13.1 Å². The van der Waals surface area contributed by atoms with E-state index in [1.54, 1.807) is 18.1 Å². The minimum atomic E-state index is -0.126. The van der Waals surface area contributed by atoms with Crippen LogP contribution in [0.3, 0.4) is 0 Å². The molecule has 3 rings (SSSR count). The van der Waals surface area contributed by atoms with Crippen LogP contribution >= 0.6 is 0 Å². The normalized spacial score (nSPS) is 15.0. The minimum Gasteiger partial charge on any atom is -0.354 e. The Morgan fingerprint density at radius 3 is 2.74 bits per heavy atom. The van der Waals surface area contributed by atoms with E-state index in [9.17, 15) is 4.79 Å². The summed E-state index contributed by atoms with van der Waals surface area (Å²) < 4.78 is 0. The topological polar surface area (TPSA) is 80.4 Å². The van der Waals surface area contributed by atoms with Crippen molar-refractivity contribution < 1.29 is 4.79 Å². The molecule has 146 valence electrons. The smallest absolute Gasteiger partial charge is 0.317 e. The number of anilines is 1. The third kappa shape index (κ3) is 5.19. The van der Waals surface area contributed by atoms with Crippen LogP contribution in [-0.4, -0.2) is 70.6 Å². The van der Waals surface area contributed by atoms with E-state index >= 15 is 0 Å². The van der Waals surface area contributed by atoms with Crippen LogP contribution in [0.15, 0.2) is 24.5 Å². The highest BCUT2D eigenvalue weighted by atomic mass is 16.2. The van der Waals surface area contributed by atoms with Gasteiger partial charge in [-0.2, -0.15) is 0 Å². The number of hydrogen-bond donors (Lipinski definition) is 2. The van der Waals surface area contributed by atoms with Gasteiger partial charge in [-0.3, -0.25) is 0 Å². The molecule has 2 aromatic heterocycles. The molecule has 0 radical (unpaired) electrons. The predicted molar refractivity (Wildman–Crippen MR) is 106 cm³/mol. The monoisotopic (exact) mass is 371 g/mol. The molecule has 1 aliphatic rings. The first-order valence-electron chi connectivity index (χ1n) is 9.47. The largest absolute Gasteiger partial charge is 0.354 e. The second-order valence-corrected chi connectivity index (χ2v) is 6.97. The highest BCUT2D eigenvalue weighted by Gasteiger charge is 2.17. The Hall–Kier alpha value is -2.61. The van der Waals surface area contributed by atoms with Gasteiger partial charge < -0.3 is 25.0 Å². The van der Waals surface area contributed by atoms with Crippen molar-refractivity contribution >= 4 is 11.8 Å². The Labute approximate surface area is 160 Å². The highest BCUT2D eigenvalue weighted by molar-refractivity contribution is 5.73. The van der Waals surface area contributed by atoms with E-state index in [0.717, 1.165) is 55.6 Å². The second kappa shape index (κ2) is 8.85. The van der Waals surface area contributed by atoms with Crippen LogP contribution in [0, 0.1) is 6.92 Å². The van der Waals surface area contributed by atoms with Gasteiger partial charge in [-0.25, -0.2) is 14.8 Å². The number of carbonyl (C=O) groups excluding carboxylic acids is 1. The van der Waals surface area contributed by atoms with Gasteiger partial charge in [0.1, 0.15) is 11.6 Å². The summed E-state index contributed by atoms with van der Waals surface area (Å²) in [6.45, 7) is 10.3. The minimum absolute atomic E-state index is 0.126. The fraction of sp³-hybridized carbons (Fsp3) is 0.526. The average molecular weight is 371 g/mol. The molecule has 8 heteroatoms. The number of urea groups is 1. The Morgan fingerprint density at radius 2 is 2.07 bits per heavy atom. The zero-order chi connectivity index (χ0) is 19.2. The highest BCUT2D eigenvalue weighted by Crippen LogP contribution is 2.15. The standard InChI is InChI=1S/C19H29N7O/c1-4-25-7-9-26(10-8-25)18-11-16(5-6-20-18)13-22-19(27)24(3)14-17-21-12-15(2)23-17/h5-6,11-12H,4,7-10,13-14H2,1-3H3,(H,21,23)(H,22,27). The van der Waals surface area contributed by atoms with Crippen molar-refractivity contribution in [1.82, 2.24) is 30.1 Å². The van der Waals surface area contributed by atoms with Crippen LogP contribution < -0.4 is 10.2 Å². The number of nitrogens with zero attached hydrogens (tertiary/aromatic N) is 5. The Bertz CT molecular complexity index is 752. The van der Waals surface area contributed by atoms with Crippen molar-refractivity contribution in [3.05, 3.63) is 41.6 Å². The lowest BCUT2D eigenvalue weighted by Gasteiger charge is -2.34. The second-order valence-electron chi connectivity index (χ2n) is 6.97. The molecule has 0 bridgehead atoms. The zero-order valence-corrected chi connectivity index (χ0v) is 16.4. The number of aromatic nitrogens is 3. The maximum absolute atomic E-state index is 12.3. The number of pyridine rings is 1. The molecule has 27 heavy (non-hydrogen) atoms. The molecule has 0 aliphatic carbocycles. The quantitative estimate of drug-likeness (QED) is 0.806. The van der Waals surface area contributed by atoms with E-state index < -0.39 is 0 Å². The molecule has 0 atom stereocenters. The van der Waals surface area contributed by atoms with Crippen molar-refractivity contribution in [2.24, 2.45) is 0 Å². The summed E-state index contributed by atoms with van der Waals surface area (Å²) in [6, 6.07) is 3.89. The predicted octanol–water partition coefficient (Wildman–Crippen LogP) is 1.60. The summed E-state index contributed by atoms with van der Waals surface area (Å²) >= 11 is 0. The van der Waals surface area contributed by atoms with Crippen molar-refractivity contribution in [3.63, 3.8) is 0 Å². The zero-order valence-electron chi connectivity index (χ0n) is 16.4. The van der Waals surface area contributed by atoms with Crippen molar-refractivity contribution in [3.8, 4) is 0 Å². The van der Waals surface area contributed by atoms with Gasteiger partial charge in [0.2, 0.25) is 0 Å². The molecular formula is C19H29N7O. The van der Waals surface area contributed by atoms with E-state index in [2.05, 4.69) is 43.1 Å². The molecule has 0 spiro atoms. The number of hydrogen-bond acceptors (Lipinski definition) is 5. The lowest BCUT2D eigenvalue weighted by Crippen LogP contribution is -2.46. The van der Waals surface area contributed by atoms with Crippen LogP contribution in [0.5, 0.6) is 0 Å². The molecule has 8 nitrogen and oxygen atoms in total. The van der Waals surface area contributed by atoms with Gasteiger partial charge in [-0.15, -0.1) is 0 Å². The first kappa shape index (κ1) is 19.2. The van der Waals surface area contributed by atoms with Gasteiger partial charge in [0.15, 0.2) is 0 Å². The summed E-state index contributed by atoms with van der Waals surface area (Å²) in [5, 5.41) is 2.96. The van der Waals surface area contributed by atoms with E-state index in [1.165, 1.54) is 0 Å². The Morgan fingerprint density at radius 1 is 1.30 bits per heavy atom. The molecule has 0 saturated carbocycles. The third-order valence-electron chi connectivity index (χ3n) is 4.89. The first-order valence-corrected chi connectivity index (χ1v) is 9.47. The number of imidazole rings is 1. The lowest BCUT2D eigenvalue weighted by atomic mass is 10.2. The van der Waals surface area contributed by atoms with E-state index in [1.807, 2.05) is 19.2 Å². The van der Waals surface area contributed by atoms with Crippen molar-refractivity contribution in [1.29, 1.82) is 0 Å². The van der Waals surface area contributed by atoms with Gasteiger partial charge in [-0.1, -0.05) is 6.92 Å². The van der Waals surface area contributed by atoms with Crippen molar-refractivity contribution in [2.75, 3.05) is 44.7 Å². The fourth-order valence-corrected chi connectivity index (χ4v) is 3.19. The molecule has 0 aromatic carbocycles. The van der Waals surface area contributed by atoms with Gasteiger partial charge in [0, 0.05) is 57.9 Å². The molecule has 1 fully saturated rings. The number of rotatable bonds is 6. The number of amides is 2. The third-order valence-corrected chi connectivity index (χ3v) is 4.89. The molecule has 0 unspecified atom stereocenters. The summed E-state index contributed by atoms with van der Waals surface area (Å²) in [5.41, 5.74) is 2.04. The lowest BCUT2D eigenvalue weighted by molar-refractivity contribution is 0.205.